The number of thioether (sulfide) groups is 1. The number of methoxy groups -OCH3 is 1. The molecule has 0 unspecified atom stereocenters. The first-order valence-electron chi connectivity index (χ1n) is 9.62. The van der Waals surface area contributed by atoms with Gasteiger partial charge >= 0.3 is 0 Å². The lowest BCUT2D eigenvalue weighted by Gasteiger charge is -2.14. The molecule has 5 nitrogen and oxygen atoms in total. The van der Waals surface area contributed by atoms with Crippen molar-refractivity contribution in [2.75, 3.05) is 27.4 Å². The van der Waals surface area contributed by atoms with Gasteiger partial charge in [0.15, 0.2) is 11.5 Å². The highest BCUT2D eigenvalue weighted by Crippen LogP contribution is 2.37. The molecule has 0 aliphatic carbocycles. The van der Waals surface area contributed by atoms with Gasteiger partial charge in [0.25, 0.3) is 5.91 Å². The van der Waals surface area contributed by atoms with Crippen molar-refractivity contribution >= 4 is 40.3 Å². The van der Waals surface area contributed by atoms with Crippen molar-refractivity contribution < 1.29 is 19.0 Å². The van der Waals surface area contributed by atoms with Crippen LogP contribution in [0, 0.1) is 13.8 Å². The van der Waals surface area contributed by atoms with Gasteiger partial charge in [-0.2, -0.15) is 0 Å². The van der Waals surface area contributed by atoms with Gasteiger partial charge in [0, 0.05) is 19.0 Å². The van der Waals surface area contributed by atoms with E-state index in [1.165, 1.54) is 22.2 Å². The molecule has 1 heterocycles. The molecule has 30 heavy (non-hydrogen) atoms. The Morgan fingerprint density at radius 2 is 1.87 bits per heavy atom. The van der Waals surface area contributed by atoms with Crippen LogP contribution in [-0.4, -0.2) is 42.5 Å². The summed E-state index contributed by atoms with van der Waals surface area (Å²) < 4.78 is 17.9. The smallest absolute Gasteiger partial charge is 0.265 e. The second kappa shape index (κ2) is 10.00. The van der Waals surface area contributed by atoms with Crippen LogP contribution in [0.2, 0.25) is 0 Å². The lowest BCUT2D eigenvalue weighted by Crippen LogP contribution is -2.22. The Kier molecular flexibility index (Phi) is 7.39. The molecule has 1 aliphatic heterocycles. The average Bonchev–Trinajstić information content (AvgIpc) is 2.97. The molecule has 1 amide bonds. The summed E-state index contributed by atoms with van der Waals surface area (Å²) in [5.74, 6) is 2.01. The van der Waals surface area contributed by atoms with E-state index in [9.17, 15) is 4.79 Å². The number of rotatable bonds is 8. The van der Waals surface area contributed by atoms with Crippen LogP contribution in [0.5, 0.6) is 17.2 Å². The normalized spacial score (nSPS) is 15.1. The van der Waals surface area contributed by atoms with Crippen LogP contribution < -0.4 is 14.2 Å². The standard InChI is InChI=1S/C23H25NO4S2/c1-15-9-10-16(2)19(13-15)27-11-6-12-28-21-17(7-5-8-18(21)26-4)14-20-22(25)24(3)23(29)30-20/h5,7-10,13-14H,6,11-12H2,1-4H3/b20-14+. The zero-order chi connectivity index (χ0) is 21.7. The maximum Gasteiger partial charge on any atom is 0.265 e. The first-order chi connectivity index (χ1) is 14.4. The number of hydrogen-bond donors (Lipinski definition) is 0. The van der Waals surface area contributed by atoms with Gasteiger partial charge in [-0.15, -0.1) is 0 Å². The maximum atomic E-state index is 12.3. The highest BCUT2D eigenvalue weighted by molar-refractivity contribution is 8.26. The molecule has 2 aromatic carbocycles. The summed E-state index contributed by atoms with van der Waals surface area (Å²) in [6, 6.07) is 11.8. The second-order valence-electron chi connectivity index (χ2n) is 6.94. The monoisotopic (exact) mass is 443 g/mol. The molecule has 2 aromatic rings. The van der Waals surface area contributed by atoms with Crippen molar-refractivity contribution in [1.29, 1.82) is 0 Å². The summed E-state index contributed by atoms with van der Waals surface area (Å²) in [5, 5.41) is 0. The number of ether oxygens (including phenoxy) is 3. The van der Waals surface area contributed by atoms with Crippen molar-refractivity contribution in [3.63, 3.8) is 0 Å². The van der Waals surface area contributed by atoms with Gasteiger partial charge < -0.3 is 14.2 Å². The van der Waals surface area contributed by atoms with Gasteiger partial charge in [0.2, 0.25) is 0 Å². The van der Waals surface area contributed by atoms with Gasteiger partial charge in [-0.3, -0.25) is 9.69 Å². The Morgan fingerprint density at radius 1 is 1.10 bits per heavy atom. The highest BCUT2D eigenvalue weighted by Gasteiger charge is 2.29. The largest absolute Gasteiger partial charge is 0.493 e. The molecule has 0 saturated carbocycles. The molecular weight excluding hydrogens is 418 g/mol. The number of thiocarbonyl (C=S) groups is 1. The highest BCUT2D eigenvalue weighted by atomic mass is 32.2. The zero-order valence-corrected chi connectivity index (χ0v) is 19.2. The predicted octanol–water partition coefficient (Wildman–Crippen LogP) is 4.99. The Hall–Kier alpha value is -2.51. The number of benzene rings is 2. The van der Waals surface area contributed by atoms with E-state index in [0.29, 0.717) is 40.4 Å². The van der Waals surface area contributed by atoms with Gasteiger partial charge in [-0.1, -0.05) is 48.2 Å². The fourth-order valence-electron chi connectivity index (χ4n) is 2.93. The first-order valence-corrected chi connectivity index (χ1v) is 10.8. The minimum atomic E-state index is -0.110. The van der Waals surface area contributed by atoms with E-state index in [0.717, 1.165) is 16.9 Å². The van der Waals surface area contributed by atoms with Crippen LogP contribution in [0.1, 0.15) is 23.1 Å². The minimum Gasteiger partial charge on any atom is -0.493 e. The number of nitrogens with zero attached hydrogens (tertiary/aromatic N) is 1. The van der Waals surface area contributed by atoms with Crippen molar-refractivity contribution in [3.05, 3.63) is 58.0 Å². The molecule has 0 atom stereocenters. The molecule has 0 N–H and O–H groups in total. The van der Waals surface area contributed by atoms with Crippen molar-refractivity contribution in [2.24, 2.45) is 0 Å². The van der Waals surface area contributed by atoms with Crippen molar-refractivity contribution in [1.82, 2.24) is 4.90 Å². The van der Waals surface area contributed by atoms with Gasteiger partial charge in [-0.25, -0.2) is 0 Å². The second-order valence-corrected chi connectivity index (χ2v) is 8.61. The maximum absolute atomic E-state index is 12.3. The molecule has 0 radical (unpaired) electrons. The average molecular weight is 444 g/mol. The van der Waals surface area contributed by atoms with Gasteiger partial charge in [0.05, 0.1) is 25.2 Å². The molecule has 3 rings (SSSR count). The third-order valence-corrected chi connectivity index (χ3v) is 6.12. The van der Waals surface area contributed by atoms with E-state index in [1.807, 2.05) is 38.1 Å². The summed E-state index contributed by atoms with van der Waals surface area (Å²) in [5.41, 5.74) is 3.06. The van der Waals surface area contributed by atoms with Crippen molar-refractivity contribution in [2.45, 2.75) is 20.3 Å². The lowest BCUT2D eigenvalue weighted by molar-refractivity contribution is -0.121. The summed E-state index contributed by atoms with van der Waals surface area (Å²) in [6.45, 7) is 5.08. The quantitative estimate of drug-likeness (QED) is 0.325. The molecule has 7 heteroatoms. The third kappa shape index (κ3) is 5.15. The van der Waals surface area contributed by atoms with E-state index in [1.54, 1.807) is 20.2 Å². The van der Waals surface area contributed by atoms with E-state index in [-0.39, 0.29) is 5.91 Å². The number of hydrogen-bond acceptors (Lipinski definition) is 6. The molecule has 0 aromatic heterocycles. The number of likely N-dealkylation sites (N-methyl/N-ethyl adjacent to an activating group) is 1. The molecule has 1 fully saturated rings. The first kappa shape index (κ1) is 22.2. The number of para-hydroxylation sites is 1. The number of aryl methyl sites for hydroxylation is 2. The van der Waals surface area contributed by atoms with Gasteiger partial charge in [-0.05, 0) is 43.2 Å². The SMILES string of the molecule is COc1cccc(/C=C2/SC(=S)N(C)C2=O)c1OCCCOc1cc(C)ccc1C. The topological polar surface area (TPSA) is 48.0 Å². The van der Waals surface area contributed by atoms with E-state index in [4.69, 9.17) is 26.4 Å². The Bertz CT molecular complexity index is 987. The van der Waals surface area contributed by atoms with Crippen LogP contribution in [0.25, 0.3) is 6.08 Å². The van der Waals surface area contributed by atoms with Crippen molar-refractivity contribution in [3.8, 4) is 17.2 Å². The molecule has 1 aliphatic rings. The summed E-state index contributed by atoms with van der Waals surface area (Å²) in [4.78, 5) is 14.4. The molecule has 158 valence electrons. The van der Waals surface area contributed by atoms with Crippen LogP contribution in [0.15, 0.2) is 41.3 Å². The number of amides is 1. The van der Waals surface area contributed by atoms with Crippen LogP contribution in [0.4, 0.5) is 0 Å². The molecule has 1 saturated heterocycles. The van der Waals surface area contributed by atoms with E-state index >= 15 is 0 Å². The van der Waals surface area contributed by atoms with Crippen LogP contribution in [0.3, 0.4) is 0 Å². The molecular formula is C23H25NO4S2. The Morgan fingerprint density at radius 3 is 2.57 bits per heavy atom. The van der Waals surface area contributed by atoms with Gasteiger partial charge in [0.1, 0.15) is 10.1 Å². The Labute approximate surface area is 187 Å². The van der Waals surface area contributed by atoms with Crippen LogP contribution >= 0.6 is 24.0 Å². The fraction of sp³-hybridized carbons (Fsp3) is 0.304. The fourth-order valence-corrected chi connectivity index (χ4v) is 4.10. The van der Waals surface area contributed by atoms with E-state index < -0.39 is 0 Å². The Balaban J connectivity index is 1.66. The van der Waals surface area contributed by atoms with Crippen LogP contribution in [-0.2, 0) is 4.79 Å². The third-order valence-electron chi connectivity index (χ3n) is 4.64. The molecule has 0 bridgehead atoms. The summed E-state index contributed by atoms with van der Waals surface area (Å²) in [6.07, 6.45) is 2.51. The summed E-state index contributed by atoms with van der Waals surface area (Å²) in [7, 11) is 3.28. The minimum absolute atomic E-state index is 0.110. The number of carbonyl (C=O) groups is 1. The lowest BCUT2D eigenvalue weighted by atomic mass is 10.1. The zero-order valence-electron chi connectivity index (χ0n) is 17.6. The summed E-state index contributed by atoms with van der Waals surface area (Å²) >= 11 is 6.49. The van der Waals surface area contributed by atoms with E-state index in [2.05, 4.69) is 12.1 Å². The number of carbonyl (C=O) groups excluding carboxylic acids is 1. The molecule has 0 spiro atoms. The predicted molar refractivity (Wildman–Crippen MR) is 125 cm³/mol.